The summed E-state index contributed by atoms with van der Waals surface area (Å²) in [5.41, 5.74) is 3.10. The van der Waals surface area contributed by atoms with E-state index in [1.54, 1.807) is 0 Å². The van der Waals surface area contributed by atoms with Gasteiger partial charge in [0.25, 0.3) is 0 Å². The maximum absolute atomic E-state index is 8.34. The van der Waals surface area contributed by atoms with Crippen molar-refractivity contribution in [2.45, 2.75) is 45.1 Å². The van der Waals surface area contributed by atoms with Crippen LogP contribution in [0.2, 0.25) is 0 Å². The molecule has 3 rings (SSSR count). The van der Waals surface area contributed by atoms with Crippen LogP contribution in [0, 0.1) is 5.41 Å². The van der Waals surface area contributed by atoms with Gasteiger partial charge in [-0.05, 0) is 24.7 Å². The molecular formula is C12H18N4. The Kier molecular flexibility index (Phi) is 1.91. The van der Waals surface area contributed by atoms with Crippen LogP contribution >= 0.6 is 0 Å². The molecule has 1 aliphatic heterocycles. The predicted molar refractivity (Wildman–Crippen MR) is 62.5 cm³/mol. The average Bonchev–Trinajstić information content (AvgIpc) is 2.64. The number of anilines is 1. The monoisotopic (exact) mass is 218 g/mol. The smallest absolute Gasteiger partial charge is 0.204 e. The average molecular weight is 218 g/mol. The molecule has 1 aromatic rings. The third-order valence-electron chi connectivity index (χ3n) is 3.80. The number of nitrogens with zero attached hydrogens (tertiary/aromatic N) is 2. The Bertz CT molecular complexity index is 498. The van der Waals surface area contributed by atoms with Crippen LogP contribution < -0.4 is 10.8 Å². The minimum absolute atomic E-state index is 0.113. The first-order valence-electron chi connectivity index (χ1n) is 6.02. The minimum Gasteiger partial charge on any atom is -0.354 e. The fourth-order valence-electron chi connectivity index (χ4n) is 2.97. The lowest BCUT2D eigenvalue weighted by atomic mass is 9.75. The molecule has 0 saturated carbocycles. The van der Waals surface area contributed by atoms with Crippen molar-refractivity contribution in [3.05, 3.63) is 16.7 Å². The van der Waals surface area contributed by atoms with Crippen molar-refractivity contribution in [1.82, 2.24) is 9.55 Å². The predicted octanol–water partition coefficient (Wildman–Crippen LogP) is 1.40. The Hall–Kier alpha value is -1.32. The van der Waals surface area contributed by atoms with Crippen LogP contribution in [0.15, 0.2) is 0 Å². The molecule has 0 fully saturated rings. The van der Waals surface area contributed by atoms with Gasteiger partial charge in [0.1, 0.15) is 5.49 Å². The normalized spacial score (nSPS) is 21.1. The summed E-state index contributed by atoms with van der Waals surface area (Å²) in [5.74, 6) is 0.890. The van der Waals surface area contributed by atoms with Crippen molar-refractivity contribution >= 4 is 5.95 Å². The summed E-state index contributed by atoms with van der Waals surface area (Å²) in [6.07, 6.45) is 3.39. The molecule has 0 radical (unpaired) electrons. The second-order valence-corrected chi connectivity index (χ2v) is 5.42. The van der Waals surface area contributed by atoms with E-state index in [9.17, 15) is 0 Å². The molecule has 0 amide bonds. The lowest BCUT2D eigenvalue weighted by Crippen LogP contribution is -2.36. The fraction of sp³-hybridized carbons (Fsp3) is 0.667. The maximum Gasteiger partial charge on any atom is 0.204 e. The Balaban J connectivity index is 2.30. The number of hydrogen-bond acceptors (Lipinski definition) is 3. The van der Waals surface area contributed by atoms with E-state index in [0.29, 0.717) is 5.49 Å². The van der Waals surface area contributed by atoms with Crippen LogP contribution in [0.4, 0.5) is 5.95 Å². The zero-order chi connectivity index (χ0) is 11.3. The molecule has 0 bridgehead atoms. The van der Waals surface area contributed by atoms with E-state index in [-0.39, 0.29) is 5.41 Å². The van der Waals surface area contributed by atoms with Gasteiger partial charge in [0.05, 0.1) is 5.69 Å². The molecule has 0 unspecified atom stereocenters. The highest BCUT2D eigenvalue weighted by Crippen LogP contribution is 2.34. The van der Waals surface area contributed by atoms with Gasteiger partial charge < -0.3 is 5.32 Å². The van der Waals surface area contributed by atoms with Crippen LogP contribution in [0.5, 0.6) is 0 Å². The maximum atomic E-state index is 8.34. The summed E-state index contributed by atoms with van der Waals surface area (Å²) in [7, 11) is 0. The van der Waals surface area contributed by atoms with Crippen LogP contribution in [-0.2, 0) is 18.4 Å². The molecule has 2 heterocycles. The number of nitrogens with one attached hydrogen (secondary N) is 2. The van der Waals surface area contributed by atoms with E-state index in [1.807, 2.05) is 4.57 Å². The van der Waals surface area contributed by atoms with Gasteiger partial charge >= 0.3 is 0 Å². The Morgan fingerprint density at radius 3 is 3.06 bits per heavy atom. The van der Waals surface area contributed by atoms with Crippen molar-refractivity contribution in [3.8, 4) is 0 Å². The molecule has 86 valence electrons. The van der Waals surface area contributed by atoms with Gasteiger partial charge in [0, 0.05) is 18.7 Å². The molecule has 4 nitrogen and oxygen atoms in total. The van der Waals surface area contributed by atoms with Gasteiger partial charge in [-0.25, -0.2) is 4.98 Å². The lowest BCUT2D eigenvalue weighted by Gasteiger charge is -2.32. The number of hydrogen-bond donors (Lipinski definition) is 2. The molecule has 0 saturated heterocycles. The molecule has 4 heteroatoms. The van der Waals surface area contributed by atoms with Gasteiger partial charge in [0.2, 0.25) is 5.95 Å². The molecule has 2 N–H and O–H groups in total. The van der Waals surface area contributed by atoms with Gasteiger partial charge in [0.15, 0.2) is 0 Å². The molecule has 1 aliphatic carbocycles. The summed E-state index contributed by atoms with van der Waals surface area (Å²) in [4.78, 5) is 4.68. The first kappa shape index (κ1) is 9.87. The number of aryl methyl sites for hydroxylation is 1. The number of aromatic nitrogens is 2. The second kappa shape index (κ2) is 3.09. The van der Waals surface area contributed by atoms with Crippen LogP contribution in [0.3, 0.4) is 0 Å². The van der Waals surface area contributed by atoms with Crippen molar-refractivity contribution < 1.29 is 0 Å². The molecule has 16 heavy (non-hydrogen) atoms. The van der Waals surface area contributed by atoms with E-state index < -0.39 is 0 Å². The van der Waals surface area contributed by atoms with E-state index in [2.05, 4.69) is 24.1 Å². The highest BCUT2D eigenvalue weighted by molar-refractivity contribution is 5.38. The van der Waals surface area contributed by atoms with Gasteiger partial charge in [-0.1, -0.05) is 13.8 Å². The Labute approximate surface area is 95.2 Å². The van der Waals surface area contributed by atoms with Crippen molar-refractivity contribution in [2.75, 3.05) is 11.9 Å². The van der Waals surface area contributed by atoms with Crippen molar-refractivity contribution in [1.29, 1.82) is 5.41 Å². The zero-order valence-corrected chi connectivity index (χ0v) is 9.93. The lowest BCUT2D eigenvalue weighted by molar-refractivity contribution is 0.413. The Morgan fingerprint density at radius 2 is 2.25 bits per heavy atom. The summed E-state index contributed by atoms with van der Waals surface area (Å²) in [6.45, 7) is 6.26. The van der Waals surface area contributed by atoms with Gasteiger partial charge in [-0.3, -0.25) is 9.98 Å². The molecule has 2 aliphatic rings. The summed E-state index contributed by atoms with van der Waals surface area (Å²) >= 11 is 0. The topological polar surface area (TPSA) is 53.7 Å². The van der Waals surface area contributed by atoms with Gasteiger partial charge in [-0.2, -0.15) is 0 Å². The van der Waals surface area contributed by atoms with Crippen LogP contribution in [0.1, 0.15) is 37.9 Å². The van der Waals surface area contributed by atoms with E-state index in [0.717, 1.165) is 31.2 Å². The third-order valence-corrected chi connectivity index (χ3v) is 3.80. The fourth-order valence-corrected chi connectivity index (χ4v) is 2.97. The molecule has 1 aromatic heterocycles. The highest BCUT2D eigenvalue weighted by atomic mass is 15.3. The molecular weight excluding hydrogens is 200 g/mol. The SMILES string of the molecule is CC1(C)CCCc2nc3n(c(=N)c21)CCN3. The third kappa shape index (κ3) is 1.22. The quantitative estimate of drug-likeness (QED) is 0.691. The standard InChI is InChI=1S/C12H18N4/c1-12(2)5-3-4-8-9(12)10(13)16-7-6-14-11(16)15-8/h13H,3-7H2,1-2H3,(H,14,15). The molecule has 0 spiro atoms. The first-order chi connectivity index (χ1) is 7.59. The largest absolute Gasteiger partial charge is 0.354 e. The molecule has 0 atom stereocenters. The minimum atomic E-state index is 0.113. The second-order valence-electron chi connectivity index (χ2n) is 5.42. The first-order valence-corrected chi connectivity index (χ1v) is 6.02. The van der Waals surface area contributed by atoms with Crippen LogP contribution in [-0.4, -0.2) is 16.1 Å². The van der Waals surface area contributed by atoms with Crippen LogP contribution in [0.25, 0.3) is 0 Å². The van der Waals surface area contributed by atoms with E-state index in [1.165, 1.54) is 18.4 Å². The summed E-state index contributed by atoms with van der Waals surface area (Å²) in [6, 6.07) is 0. The highest BCUT2D eigenvalue weighted by Gasteiger charge is 2.32. The Morgan fingerprint density at radius 1 is 1.44 bits per heavy atom. The number of rotatable bonds is 0. The van der Waals surface area contributed by atoms with E-state index in [4.69, 9.17) is 5.41 Å². The van der Waals surface area contributed by atoms with Crippen molar-refractivity contribution in [2.24, 2.45) is 0 Å². The molecule has 0 aromatic carbocycles. The summed E-state index contributed by atoms with van der Waals surface area (Å²) < 4.78 is 2.01. The van der Waals surface area contributed by atoms with E-state index >= 15 is 0 Å². The zero-order valence-electron chi connectivity index (χ0n) is 9.93. The van der Waals surface area contributed by atoms with Gasteiger partial charge in [-0.15, -0.1) is 0 Å². The number of fused-ring (bicyclic) bond motifs is 2. The summed E-state index contributed by atoms with van der Waals surface area (Å²) in [5, 5.41) is 11.6. The van der Waals surface area contributed by atoms with Crippen molar-refractivity contribution in [3.63, 3.8) is 0 Å².